The number of rotatable bonds is 4. The van der Waals surface area contributed by atoms with Crippen molar-refractivity contribution in [2.45, 2.75) is 6.54 Å². The number of hydrogen-bond donors (Lipinski definition) is 1. The van der Waals surface area contributed by atoms with Crippen LogP contribution in [0.2, 0.25) is 5.15 Å². The topological polar surface area (TPSA) is 53.4 Å². The summed E-state index contributed by atoms with van der Waals surface area (Å²) >= 11 is 5.86. The molecule has 0 saturated heterocycles. The van der Waals surface area contributed by atoms with Crippen molar-refractivity contribution in [3.8, 4) is 11.3 Å². The predicted molar refractivity (Wildman–Crippen MR) is 79.0 cm³/mol. The molecular weight excluding hydrogens is 276 g/mol. The molecule has 1 heterocycles. The second kappa shape index (κ2) is 6.03. The van der Waals surface area contributed by atoms with Gasteiger partial charge in [-0.3, -0.25) is 0 Å². The molecule has 2 aromatic rings. The highest BCUT2D eigenvalue weighted by atomic mass is 35.5. The molecule has 0 aliphatic heterocycles. The minimum Gasteiger partial charge on any atom is -0.478 e. The Morgan fingerprint density at radius 1 is 1.25 bits per heavy atom. The summed E-state index contributed by atoms with van der Waals surface area (Å²) < 4.78 is 0. The third-order valence-corrected chi connectivity index (χ3v) is 2.98. The summed E-state index contributed by atoms with van der Waals surface area (Å²) in [5.41, 5.74) is 2.72. The molecular formula is C15H15ClN2O2. The van der Waals surface area contributed by atoms with Crippen molar-refractivity contribution in [2.24, 2.45) is 0 Å². The van der Waals surface area contributed by atoms with Crippen LogP contribution in [0.15, 0.2) is 36.4 Å². The van der Waals surface area contributed by atoms with E-state index in [2.05, 4.69) is 9.88 Å². The number of benzene rings is 1. The zero-order valence-electron chi connectivity index (χ0n) is 11.3. The summed E-state index contributed by atoms with van der Waals surface area (Å²) in [4.78, 5) is 17.3. The van der Waals surface area contributed by atoms with Gasteiger partial charge in [0.25, 0.3) is 0 Å². The number of aromatic carboxylic acids is 1. The predicted octanol–water partition coefficient (Wildman–Crippen LogP) is 3.16. The lowest BCUT2D eigenvalue weighted by Gasteiger charge is -2.10. The molecule has 0 unspecified atom stereocenters. The second-order valence-corrected chi connectivity index (χ2v) is 5.19. The van der Waals surface area contributed by atoms with Crippen LogP contribution >= 0.6 is 11.6 Å². The minimum absolute atomic E-state index is 0.136. The highest BCUT2D eigenvalue weighted by molar-refractivity contribution is 6.29. The molecule has 0 spiro atoms. The van der Waals surface area contributed by atoms with E-state index in [1.165, 1.54) is 17.7 Å². The maximum absolute atomic E-state index is 11.0. The highest BCUT2D eigenvalue weighted by Gasteiger charge is 2.09. The molecule has 1 aromatic heterocycles. The van der Waals surface area contributed by atoms with E-state index < -0.39 is 5.97 Å². The third-order valence-electron chi connectivity index (χ3n) is 2.79. The standard InChI is InChI=1S/C15H15ClN2O2/c1-18(2)9-10-3-5-11(6-4-10)13-7-12(15(19)20)8-14(16)17-13/h3-8H,9H2,1-2H3,(H,19,20). The molecule has 104 valence electrons. The van der Waals surface area contributed by atoms with E-state index in [0.29, 0.717) is 5.69 Å². The molecule has 2 rings (SSSR count). The number of carbonyl (C=O) groups is 1. The first-order valence-electron chi connectivity index (χ1n) is 6.10. The van der Waals surface area contributed by atoms with Crippen molar-refractivity contribution >= 4 is 17.6 Å². The summed E-state index contributed by atoms with van der Waals surface area (Å²) in [7, 11) is 4.01. The van der Waals surface area contributed by atoms with Gasteiger partial charge < -0.3 is 10.0 Å². The average molecular weight is 291 g/mol. The average Bonchev–Trinajstić information content (AvgIpc) is 2.38. The zero-order chi connectivity index (χ0) is 14.7. The Kier molecular flexibility index (Phi) is 4.37. The fraction of sp³-hybridized carbons (Fsp3) is 0.200. The highest BCUT2D eigenvalue weighted by Crippen LogP contribution is 2.22. The van der Waals surface area contributed by atoms with Gasteiger partial charge in [-0.1, -0.05) is 35.9 Å². The van der Waals surface area contributed by atoms with Crippen LogP contribution in [-0.2, 0) is 6.54 Å². The van der Waals surface area contributed by atoms with Crippen LogP contribution in [0.3, 0.4) is 0 Å². The van der Waals surface area contributed by atoms with Crippen LogP contribution in [0.5, 0.6) is 0 Å². The van der Waals surface area contributed by atoms with E-state index in [0.717, 1.165) is 12.1 Å². The third kappa shape index (κ3) is 3.56. The van der Waals surface area contributed by atoms with Gasteiger partial charge in [-0.2, -0.15) is 0 Å². The molecule has 5 heteroatoms. The Hall–Kier alpha value is -1.91. The van der Waals surface area contributed by atoms with E-state index in [1.54, 1.807) is 0 Å². The quantitative estimate of drug-likeness (QED) is 0.879. The second-order valence-electron chi connectivity index (χ2n) is 4.80. The van der Waals surface area contributed by atoms with Crippen molar-refractivity contribution in [3.63, 3.8) is 0 Å². The van der Waals surface area contributed by atoms with E-state index in [9.17, 15) is 4.79 Å². The van der Waals surface area contributed by atoms with Gasteiger partial charge >= 0.3 is 5.97 Å². The monoisotopic (exact) mass is 290 g/mol. The molecule has 0 bridgehead atoms. The lowest BCUT2D eigenvalue weighted by atomic mass is 10.1. The Morgan fingerprint density at radius 3 is 2.45 bits per heavy atom. The first kappa shape index (κ1) is 14.5. The molecule has 4 nitrogen and oxygen atoms in total. The van der Waals surface area contributed by atoms with Gasteiger partial charge in [-0.25, -0.2) is 9.78 Å². The first-order valence-corrected chi connectivity index (χ1v) is 6.48. The molecule has 0 aliphatic rings. The Bertz CT molecular complexity index is 624. The van der Waals surface area contributed by atoms with Crippen molar-refractivity contribution in [2.75, 3.05) is 14.1 Å². The smallest absolute Gasteiger partial charge is 0.335 e. The van der Waals surface area contributed by atoms with Gasteiger partial charge in [-0.05, 0) is 31.8 Å². The number of carboxylic acid groups (broad SMARTS) is 1. The Labute approximate surface area is 122 Å². The summed E-state index contributed by atoms with van der Waals surface area (Å²) in [6.07, 6.45) is 0. The number of carboxylic acids is 1. The summed E-state index contributed by atoms with van der Waals surface area (Å²) in [5, 5.41) is 9.21. The summed E-state index contributed by atoms with van der Waals surface area (Å²) in [6.45, 7) is 0.851. The van der Waals surface area contributed by atoms with E-state index in [4.69, 9.17) is 16.7 Å². The van der Waals surface area contributed by atoms with Crippen LogP contribution in [0.1, 0.15) is 15.9 Å². The molecule has 20 heavy (non-hydrogen) atoms. The first-order chi connectivity index (χ1) is 9.45. The van der Waals surface area contributed by atoms with E-state index >= 15 is 0 Å². The Morgan fingerprint density at radius 2 is 1.90 bits per heavy atom. The van der Waals surface area contributed by atoms with Gasteiger partial charge in [0.1, 0.15) is 5.15 Å². The van der Waals surface area contributed by atoms with Crippen LogP contribution in [0.25, 0.3) is 11.3 Å². The SMILES string of the molecule is CN(C)Cc1ccc(-c2cc(C(=O)O)cc(Cl)n2)cc1. The maximum Gasteiger partial charge on any atom is 0.335 e. The van der Waals surface area contributed by atoms with Crippen LogP contribution in [-0.4, -0.2) is 35.1 Å². The molecule has 0 fully saturated rings. The number of halogens is 1. The van der Waals surface area contributed by atoms with Crippen LogP contribution < -0.4 is 0 Å². The maximum atomic E-state index is 11.0. The number of hydrogen-bond acceptors (Lipinski definition) is 3. The molecule has 0 saturated carbocycles. The number of pyridine rings is 1. The fourth-order valence-corrected chi connectivity index (χ4v) is 2.12. The van der Waals surface area contributed by atoms with Crippen LogP contribution in [0.4, 0.5) is 0 Å². The molecule has 1 N–H and O–H groups in total. The molecule has 0 radical (unpaired) electrons. The molecule has 0 atom stereocenters. The molecule has 0 aliphatic carbocycles. The largest absolute Gasteiger partial charge is 0.478 e. The number of aromatic nitrogens is 1. The van der Waals surface area contributed by atoms with Crippen molar-refractivity contribution in [3.05, 3.63) is 52.7 Å². The normalized spacial score (nSPS) is 10.8. The van der Waals surface area contributed by atoms with E-state index in [-0.39, 0.29) is 10.7 Å². The van der Waals surface area contributed by atoms with Gasteiger partial charge in [0.2, 0.25) is 0 Å². The van der Waals surface area contributed by atoms with E-state index in [1.807, 2.05) is 38.4 Å². The number of nitrogens with zero attached hydrogens (tertiary/aromatic N) is 2. The zero-order valence-corrected chi connectivity index (χ0v) is 12.1. The van der Waals surface area contributed by atoms with Gasteiger partial charge in [0, 0.05) is 12.1 Å². The van der Waals surface area contributed by atoms with Crippen molar-refractivity contribution < 1.29 is 9.90 Å². The summed E-state index contributed by atoms with van der Waals surface area (Å²) in [6, 6.07) is 10.7. The molecule has 1 aromatic carbocycles. The van der Waals surface area contributed by atoms with Gasteiger partial charge in [-0.15, -0.1) is 0 Å². The van der Waals surface area contributed by atoms with Crippen molar-refractivity contribution in [1.82, 2.24) is 9.88 Å². The fourth-order valence-electron chi connectivity index (χ4n) is 1.91. The van der Waals surface area contributed by atoms with Crippen molar-refractivity contribution in [1.29, 1.82) is 0 Å². The lowest BCUT2D eigenvalue weighted by molar-refractivity contribution is 0.0697. The van der Waals surface area contributed by atoms with Crippen LogP contribution in [0, 0.1) is 0 Å². The minimum atomic E-state index is -1.01. The summed E-state index contributed by atoms with van der Waals surface area (Å²) in [5.74, 6) is -1.01. The van der Waals surface area contributed by atoms with Gasteiger partial charge in [0.15, 0.2) is 0 Å². The lowest BCUT2D eigenvalue weighted by Crippen LogP contribution is -2.10. The Balaban J connectivity index is 2.34. The molecule has 0 amide bonds. The van der Waals surface area contributed by atoms with Gasteiger partial charge in [0.05, 0.1) is 11.3 Å².